The molecule has 12 heteroatoms. The van der Waals surface area contributed by atoms with Gasteiger partial charge < -0.3 is 32.3 Å². The van der Waals surface area contributed by atoms with Crippen LogP contribution in [0.2, 0.25) is 0 Å². The summed E-state index contributed by atoms with van der Waals surface area (Å²) in [5, 5.41) is 12.4. The van der Waals surface area contributed by atoms with E-state index in [4.69, 9.17) is 5.73 Å². The van der Waals surface area contributed by atoms with Crippen molar-refractivity contribution in [2.75, 3.05) is 38.5 Å². The summed E-state index contributed by atoms with van der Waals surface area (Å²) in [5.74, 6) is -2.36. The maximum absolute atomic E-state index is 12.3. The lowest BCUT2D eigenvalue weighted by Crippen LogP contribution is -2.52. The first-order chi connectivity index (χ1) is 13.7. The molecule has 11 nitrogen and oxygen atoms in total. The first-order valence-electron chi connectivity index (χ1n) is 9.43. The lowest BCUT2D eigenvalue weighted by atomic mass is 9.93. The van der Waals surface area contributed by atoms with Crippen LogP contribution in [0.3, 0.4) is 0 Å². The number of hydrogen-bond donors (Lipinski definition) is 7. The number of rotatable bonds is 2. The molecule has 0 aromatic heterocycles. The van der Waals surface area contributed by atoms with E-state index in [-0.39, 0.29) is 49.6 Å². The van der Waals surface area contributed by atoms with E-state index in [2.05, 4.69) is 39.2 Å². The maximum atomic E-state index is 12.3. The smallest absolute Gasteiger partial charge is 0.243 e. The van der Waals surface area contributed by atoms with Gasteiger partial charge in [0.25, 0.3) is 0 Å². The summed E-state index contributed by atoms with van der Waals surface area (Å²) in [5.41, 5.74) is 5.77. The molecule has 0 saturated carbocycles. The molecule has 0 aromatic rings. The van der Waals surface area contributed by atoms with Crippen LogP contribution in [-0.4, -0.2) is 74.1 Å². The number of nitrogens with two attached hydrogens (primary N) is 1. The Morgan fingerprint density at radius 2 is 1.45 bits per heavy atom. The molecule has 164 valence electrons. The summed E-state index contributed by atoms with van der Waals surface area (Å²) in [4.78, 5) is 59.7. The largest absolute Gasteiger partial charge is 0.354 e. The molecule has 1 fully saturated rings. The minimum atomic E-state index is -0.869. The van der Waals surface area contributed by atoms with Gasteiger partial charge in [-0.15, -0.1) is 0 Å². The monoisotopic (exact) mass is 430 g/mol. The maximum Gasteiger partial charge on any atom is 0.243 e. The third-order valence-corrected chi connectivity index (χ3v) is 4.71. The zero-order chi connectivity index (χ0) is 21.8. The van der Waals surface area contributed by atoms with Crippen molar-refractivity contribution in [1.82, 2.24) is 26.6 Å². The molecular weight excluding hydrogens is 400 g/mol. The Kier molecular flexibility index (Phi) is 11.1. The number of carbonyl (C=O) groups is 5. The van der Waals surface area contributed by atoms with Crippen LogP contribution in [0.15, 0.2) is 0 Å². The van der Waals surface area contributed by atoms with Gasteiger partial charge in [0, 0.05) is 18.7 Å². The molecular formula is C17H30N6O5S. The predicted molar refractivity (Wildman–Crippen MR) is 109 cm³/mol. The Bertz CT molecular complexity index is 617. The molecule has 1 saturated heterocycles. The fourth-order valence-corrected chi connectivity index (χ4v) is 3.03. The summed E-state index contributed by atoms with van der Waals surface area (Å²) in [6, 6.07) is -0.869. The standard InChI is InChI=1S/C17H30N6O5S/c1-10-2-11(4-18)5-22-17(28)12(9-29)23-16(27)8-21-15(26)7-20-14(25)6-19-13(24)3-10/h10-12,29H,2-9,18H2,1H3,(H,19,24)(H,20,25)(H,21,26)(H,22,28)(H,23,27). The lowest BCUT2D eigenvalue weighted by Gasteiger charge is -2.22. The van der Waals surface area contributed by atoms with Gasteiger partial charge in [-0.2, -0.15) is 12.6 Å². The first kappa shape index (κ1) is 24.7. The van der Waals surface area contributed by atoms with Crippen molar-refractivity contribution >= 4 is 42.2 Å². The minimum absolute atomic E-state index is 0.0169. The summed E-state index contributed by atoms with van der Waals surface area (Å²) in [7, 11) is 0. The fraction of sp³-hybridized carbons (Fsp3) is 0.706. The zero-order valence-electron chi connectivity index (χ0n) is 16.5. The second kappa shape index (κ2) is 13.0. The SMILES string of the molecule is CC1CC(=O)NCC(=O)NCC(=O)NCC(=O)NC(CS)C(=O)NCC(CN)C1. The van der Waals surface area contributed by atoms with Crippen LogP contribution in [-0.2, 0) is 24.0 Å². The summed E-state index contributed by atoms with van der Waals surface area (Å²) in [6.07, 6.45) is 0.806. The van der Waals surface area contributed by atoms with Gasteiger partial charge in [-0.1, -0.05) is 6.92 Å². The Labute approximate surface area is 175 Å². The molecule has 0 radical (unpaired) electrons. The van der Waals surface area contributed by atoms with Crippen LogP contribution in [0.4, 0.5) is 0 Å². The van der Waals surface area contributed by atoms with Crippen LogP contribution in [0, 0.1) is 11.8 Å². The van der Waals surface area contributed by atoms with Crippen LogP contribution >= 0.6 is 12.6 Å². The minimum Gasteiger partial charge on any atom is -0.354 e. The predicted octanol–water partition coefficient (Wildman–Crippen LogP) is -3.13. The molecule has 3 atom stereocenters. The highest BCUT2D eigenvalue weighted by Crippen LogP contribution is 2.14. The summed E-state index contributed by atoms with van der Waals surface area (Å²) >= 11 is 4.08. The van der Waals surface area contributed by atoms with E-state index in [1.807, 2.05) is 6.92 Å². The number of amides is 5. The van der Waals surface area contributed by atoms with Gasteiger partial charge in [0.2, 0.25) is 29.5 Å². The Morgan fingerprint density at radius 3 is 2.00 bits per heavy atom. The van der Waals surface area contributed by atoms with E-state index >= 15 is 0 Å². The summed E-state index contributed by atoms with van der Waals surface area (Å²) in [6.45, 7) is 1.55. The number of thiol groups is 1. The molecule has 7 N–H and O–H groups in total. The van der Waals surface area contributed by atoms with Crippen molar-refractivity contribution in [2.24, 2.45) is 17.6 Å². The normalized spacial score (nSPS) is 26.6. The quantitative estimate of drug-likeness (QED) is 0.228. The molecule has 1 rings (SSSR count). The number of carbonyl (C=O) groups excluding carboxylic acids is 5. The highest BCUT2D eigenvalue weighted by Gasteiger charge is 2.22. The van der Waals surface area contributed by atoms with Crippen molar-refractivity contribution in [3.63, 3.8) is 0 Å². The zero-order valence-corrected chi connectivity index (χ0v) is 17.3. The molecule has 0 spiro atoms. The van der Waals surface area contributed by atoms with Crippen molar-refractivity contribution < 1.29 is 24.0 Å². The third kappa shape index (κ3) is 10.1. The Hall–Kier alpha value is -2.34. The average molecular weight is 431 g/mol. The van der Waals surface area contributed by atoms with E-state index in [1.165, 1.54) is 0 Å². The molecule has 0 aromatic carbocycles. The second-order valence-electron chi connectivity index (χ2n) is 7.02. The van der Waals surface area contributed by atoms with Gasteiger partial charge in [-0.05, 0) is 24.8 Å². The molecule has 1 aliphatic heterocycles. The topological polar surface area (TPSA) is 172 Å². The van der Waals surface area contributed by atoms with Crippen molar-refractivity contribution in [2.45, 2.75) is 25.8 Å². The van der Waals surface area contributed by atoms with Gasteiger partial charge in [-0.25, -0.2) is 0 Å². The van der Waals surface area contributed by atoms with Gasteiger partial charge in [0.05, 0.1) is 19.6 Å². The van der Waals surface area contributed by atoms with Crippen LogP contribution in [0.5, 0.6) is 0 Å². The third-order valence-electron chi connectivity index (χ3n) is 4.34. The molecule has 0 bridgehead atoms. The molecule has 29 heavy (non-hydrogen) atoms. The Balaban J connectivity index is 2.80. The van der Waals surface area contributed by atoms with E-state index in [0.717, 1.165) is 0 Å². The van der Waals surface area contributed by atoms with Crippen LogP contribution in [0.25, 0.3) is 0 Å². The number of nitrogens with one attached hydrogen (secondary N) is 5. The molecule has 0 aliphatic carbocycles. The van der Waals surface area contributed by atoms with Crippen molar-refractivity contribution in [3.8, 4) is 0 Å². The molecule has 1 aliphatic rings. The average Bonchev–Trinajstić information content (AvgIpc) is 2.69. The highest BCUT2D eigenvalue weighted by atomic mass is 32.1. The van der Waals surface area contributed by atoms with Gasteiger partial charge in [-0.3, -0.25) is 24.0 Å². The van der Waals surface area contributed by atoms with E-state index < -0.39 is 29.7 Å². The van der Waals surface area contributed by atoms with Gasteiger partial charge in [0.1, 0.15) is 6.04 Å². The number of hydrogen-bond acceptors (Lipinski definition) is 7. The lowest BCUT2D eigenvalue weighted by molar-refractivity contribution is -0.130. The van der Waals surface area contributed by atoms with Gasteiger partial charge in [0.15, 0.2) is 0 Å². The fourth-order valence-electron chi connectivity index (χ4n) is 2.77. The second-order valence-corrected chi connectivity index (χ2v) is 7.39. The Morgan fingerprint density at radius 1 is 0.897 bits per heavy atom. The first-order valence-corrected chi connectivity index (χ1v) is 10.1. The van der Waals surface area contributed by atoms with Crippen LogP contribution in [0.1, 0.15) is 19.8 Å². The van der Waals surface area contributed by atoms with E-state index in [0.29, 0.717) is 19.5 Å². The molecule has 3 unspecified atom stereocenters. The van der Waals surface area contributed by atoms with E-state index in [9.17, 15) is 24.0 Å². The summed E-state index contributed by atoms with van der Waals surface area (Å²) < 4.78 is 0. The highest BCUT2D eigenvalue weighted by molar-refractivity contribution is 7.80. The van der Waals surface area contributed by atoms with Crippen LogP contribution < -0.4 is 32.3 Å². The van der Waals surface area contributed by atoms with Gasteiger partial charge >= 0.3 is 0 Å². The molecule has 1 heterocycles. The van der Waals surface area contributed by atoms with E-state index in [1.54, 1.807) is 0 Å². The van der Waals surface area contributed by atoms with Crippen molar-refractivity contribution in [1.29, 1.82) is 0 Å². The van der Waals surface area contributed by atoms with Crippen molar-refractivity contribution in [3.05, 3.63) is 0 Å². The molecule has 5 amide bonds.